The molecule has 0 aromatic heterocycles. The Labute approximate surface area is 130 Å². The molecule has 0 spiro atoms. The average molecular weight is 401 g/mol. The summed E-state index contributed by atoms with van der Waals surface area (Å²) in [7, 11) is 0. The number of halogens is 3. The summed E-state index contributed by atoms with van der Waals surface area (Å²) in [6.07, 6.45) is -0.432. The Kier molecular flexibility index (Phi) is 6.45. The van der Waals surface area contributed by atoms with Gasteiger partial charge in [0, 0.05) is 34.7 Å². The molecule has 3 N–H and O–H groups in total. The molecule has 7 heteroatoms. The number of carbonyl (C=O) groups is 1. The van der Waals surface area contributed by atoms with Crippen LogP contribution in [0.1, 0.15) is 10.4 Å². The molecule has 0 bridgehead atoms. The molecule has 1 aliphatic rings. The van der Waals surface area contributed by atoms with E-state index in [1.807, 2.05) is 22.6 Å². The standard InChI is InChI=1S/C12H14FIN2O2.ClH/c13-9-3-7(1-2-10(9)14)12(18)16-5-8-4-15-6-11(8)17;/h1-3,8,11,15,17H,4-6H2,(H,16,18);1H. The minimum Gasteiger partial charge on any atom is -0.391 e. The van der Waals surface area contributed by atoms with Crippen LogP contribution in [0.15, 0.2) is 18.2 Å². The monoisotopic (exact) mass is 400 g/mol. The molecule has 1 fully saturated rings. The van der Waals surface area contributed by atoms with Crippen LogP contribution in [0.3, 0.4) is 0 Å². The second kappa shape index (κ2) is 7.37. The van der Waals surface area contributed by atoms with E-state index in [1.54, 1.807) is 12.1 Å². The van der Waals surface area contributed by atoms with Crippen molar-refractivity contribution < 1.29 is 14.3 Å². The molecule has 2 atom stereocenters. The average Bonchev–Trinajstić information content (AvgIpc) is 2.75. The first-order chi connectivity index (χ1) is 8.58. The Bertz CT molecular complexity index is 461. The van der Waals surface area contributed by atoms with E-state index in [2.05, 4.69) is 10.6 Å². The van der Waals surface area contributed by atoms with E-state index in [4.69, 9.17) is 0 Å². The summed E-state index contributed by atoms with van der Waals surface area (Å²) in [6, 6.07) is 4.38. The van der Waals surface area contributed by atoms with Gasteiger partial charge in [-0.2, -0.15) is 0 Å². The third-order valence-corrected chi connectivity index (χ3v) is 3.89. The Morgan fingerprint density at radius 1 is 1.53 bits per heavy atom. The first-order valence-corrected chi connectivity index (χ1v) is 6.78. The molecule has 106 valence electrons. The molecule has 1 aromatic carbocycles. The second-order valence-electron chi connectivity index (χ2n) is 4.32. The Hall–Kier alpha value is -0.440. The lowest BCUT2D eigenvalue weighted by atomic mass is 10.1. The van der Waals surface area contributed by atoms with Crippen molar-refractivity contribution in [3.63, 3.8) is 0 Å². The van der Waals surface area contributed by atoms with E-state index in [0.29, 0.717) is 28.8 Å². The Morgan fingerprint density at radius 3 is 2.84 bits per heavy atom. The smallest absolute Gasteiger partial charge is 0.251 e. The molecule has 0 radical (unpaired) electrons. The number of aliphatic hydroxyl groups excluding tert-OH is 1. The molecule has 1 aromatic rings. The molecule has 0 saturated carbocycles. The molecule has 1 amide bonds. The number of nitrogens with one attached hydrogen (secondary N) is 2. The predicted molar refractivity (Wildman–Crippen MR) is 81.1 cm³/mol. The first kappa shape index (κ1) is 16.6. The van der Waals surface area contributed by atoms with Gasteiger partial charge in [-0.1, -0.05) is 0 Å². The van der Waals surface area contributed by atoms with Crippen molar-refractivity contribution >= 4 is 40.9 Å². The van der Waals surface area contributed by atoms with Crippen molar-refractivity contribution in [1.82, 2.24) is 10.6 Å². The molecule has 1 saturated heterocycles. The van der Waals surface area contributed by atoms with Gasteiger partial charge in [-0.25, -0.2) is 4.39 Å². The van der Waals surface area contributed by atoms with Crippen LogP contribution in [0.4, 0.5) is 4.39 Å². The summed E-state index contributed by atoms with van der Waals surface area (Å²) in [6.45, 7) is 1.63. The fourth-order valence-corrected chi connectivity index (χ4v) is 2.23. The number of carbonyl (C=O) groups excluding carboxylic acids is 1. The lowest BCUT2D eigenvalue weighted by molar-refractivity contribution is 0.0926. The number of aliphatic hydroxyl groups is 1. The van der Waals surface area contributed by atoms with Crippen molar-refractivity contribution in [1.29, 1.82) is 0 Å². The van der Waals surface area contributed by atoms with Gasteiger partial charge in [0.2, 0.25) is 0 Å². The third kappa shape index (κ3) is 4.27. The van der Waals surface area contributed by atoms with Crippen LogP contribution in [0.2, 0.25) is 0 Å². The zero-order valence-electron chi connectivity index (χ0n) is 10.0. The summed E-state index contributed by atoms with van der Waals surface area (Å²) < 4.78 is 13.8. The number of hydrogen-bond donors (Lipinski definition) is 3. The highest BCUT2D eigenvalue weighted by atomic mass is 127. The maximum atomic E-state index is 13.3. The van der Waals surface area contributed by atoms with Crippen molar-refractivity contribution in [2.24, 2.45) is 5.92 Å². The molecular weight excluding hydrogens is 385 g/mol. The van der Waals surface area contributed by atoms with Crippen LogP contribution in [0.5, 0.6) is 0 Å². The number of benzene rings is 1. The van der Waals surface area contributed by atoms with Gasteiger partial charge in [-0.15, -0.1) is 12.4 Å². The van der Waals surface area contributed by atoms with Crippen LogP contribution in [-0.4, -0.2) is 36.8 Å². The lowest BCUT2D eigenvalue weighted by Crippen LogP contribution is -2.34. The van der Waals surface area contributed by atoms with E-state index < -0.39 is 11.9 Å². The van der Waals surface area contributed by atoms with Crippen molar-refractivity contribution in [3.8, 4) is 0 Å². The molecule has 4 nitrogen and oxygen atoms in total. The van der Waals surface area contributed by atoms with E-state index in [0.717, 1.165) is 0 Å². The zero-order valence-corrected chi connectivity index (χ0v) is 13.0. The van der Waals surface area contributed by atoms with Crippen molar-refractivity contribution in [2.45, 2.75) is 6.10 Å². The zero-order chi connectivity index (χ0) is 13.1. The lowest BCUT2D eigenvalue weighted by Gasteiger charge is -2.14. The van der Waals surface area contributed by atoms with E-state index in [9.17, 15) is 14.3 Å². The second-order valence-corrected chi connectivity index (χ2v) is 5.49. The summed E-state index contributed by atoms with van der Waals surface area (Å²) in [5.74, 6) is -0.696. The fraction of sp³-hybridized carbons (Fsp3) is 0.417. The van der Waals surface area contributed by atoms with E-state index in [-0.39, 0.29) is 24.2 Å². The quantitative estimate of drug-likeness (QED) is 0.668. The van der Waals surface area contributed by atoms with Crippen LogP contribution < -0.4 is 10.6 Å². The highest BCUT2D eigenvalue weighted by molar-refractivity contribution is 14.1. The van der Waals surface area contributed by atoms with Crippen LogP contribution in [-0.2, 0) is 0 Å². The third-order valence-electron chi connectivity index (χ3n) is 3.01. The minimum absolute atomic E-state index is 0. The highest BCUT2D eigenvalue weighted by Gasteiger charge is 2.25. The van der Waals surface area contributed by atoms with Gasteiger partial charge in [0.1, 0.15) is 5.82 Å². The summed E-state index contributed by atoms with van der Waals surface area (Å²) in [4.78, 5) is 11.8. The maximum Gasteiger partial charge on any atom is 0.251 e. The topological polar surface area (TPSA) is 61.4 Å². The minimum atomic E-state index is -0.432. The van der Waals surface area contributed by atoms with Gasteiger partial charge in [0.05, 0.1) is 6.10 Å². The molecule has 0 aliphatic carbocycles. The molecule has 1 heterocycles. The largest absolute Gasteiger partial charge is 0.391 e. The predicted octanol–water partition coefficient (Wildman–Crippen LogP) is 1.16. The van der Waals surface area contributed by atoms with Gasteiger partial charge < -0.3 is 15.7 Å². The molecule has 19 heavy (non-hydrogen) atoms. The molecule has 2 rings (SSSR count). The van der Waals surface area contributed by atoms with Gasteiger partial charge in [0.15, 0.2) is 0 Å². The van der Waals surface area contributed by atoms with Gasteiger partial charge in [-0.3, -0.25) is 4.79 Å². The Balaban J connectivity index is 0.00000180. The van der Waals surface area contributed by atoms with Crippen LogP contribution >= 0.6 is 35.0 Å². The van der Waals surface area contributed by atoms with Crippen LogP contribution in [0.25, 0.3) is 0 Å². The maximum absolute atomic E-state index is 13.3. The highest BCUT2D eigenvalue weighted by Crippen LogP contribution is 2.13. The number of amides is 1. The Morgan fingerprint density at radius 2 is 2.26 bits per heavy atom. The van der Waals surface area contributed by atoms with Crippen molar-refractivity contribution in [3.05, 3.63) is 33.1 Å². The van der Waals surface area contributed by atoms with E-state index >= 15 is 0 Å². The number of rotatable bonds is 3. The van der Waals surface area contributed by atoms with Gasteiger partial charge in [0.25, 0.3) is 5.91 Å². The fourth-order valence-electron chi connectivity index (χ4n) is 1.89. The van der Waals surface area contributed by atoms with Gasteiger partial charge in [-0.05, 0) is 40.8 Å². The number of hydrogen-bond acceptors (Lipinski definition) is 3. The summed E-state index contributed by atoms with van der Waals surface area (Å²) in [5.41, 5.74) is 0.299. The SMILES string of the molecule is Cl.O=C(NCC1CNCC1O)c1ccc(I)c(F)c1. The van der Waals surface area contributed by atoms with E-state index in [1.165, 1.54) is 6.07 Å². The first-order valence-electron chi connectivity index (χ1n) is 5.70. The van der Waals surface area contributed by atoms with Crippen molar-refractivity contribution in [2.75, 3.05) is 19.6 Å². The number of β-amino-alcohol motifs (C(OH)–C–C–N with tert-alkyl or cyclic N) is 1. The van der Waals surface area contributed by atoms with Gasteiger partial charge >= 0.3 is 0 Å². The normalized spacial score (nSPS) is 21.8. The molecule has 1 aliphatic heterocycles. The summed E-state index contributed by atoms with van der Waals surface area (Å²) >= 11 is 1.87. The summed E-state index contributed by atoms with van der Waals surface area (Å²) in [5, 5.41) is 15.3. The molecule has 2 unspecified atom stereocenters. The molecular formula is C12H15ClFIN2O2. The van der Waals surface area contributed by atoms with Crippen LogP contribution in [0, 0.1) is 15.3 Å².